The first-order chi connectivity index (χ1) is 11.0. The number of aromatic nitrogens is 1. The van der Waals surface area contributed by atoms with Gasteiger partial charge in [0, 0.05) is 24.5 Å². The third-order valence-electron chi connectivity index (χ3n) is 3.82. The summed E-state index contributed by atoms with van der Waals surface area (Å²) in [5, 5.41) is 2.74. The summed E-state index contributed by atoms with van der Waals surface area (Å²) in [5.74, 6) is -0.302. The Kier molecular flexibility index (Phi) is 6.53. The lowest BCUT2D eigenvalue weighted by Gasteiger charge is -2.34. The second-order valence-corrected chi connectivity index (χ2v) is 6.96. The van der Waals surface area contributed by atoms with Crippen LogP contribution in [0, 0.1) is 0 Å². The van der Waals surface area contributed by atoms with E-state index < -0.39 is 0 Å². The number of carbonyl (C=O) groups excluding carboxylic acids is 2. The van der Waals surface area contributed by atoms with Crippen LogP contribution in [0.25, 0.3) is 0 Å². The smallest absolute Gasteiger partial charge is 0.307 e. The molecule has 2 heterocycles. The van der Waals surface area contributed by atoms with Crippen molar-refractivity contribution in [2.24, 2.45) is 0 Å². The summed E-state index contributed by atoms with van der Waals surface area (Å²) in [6.45, 7) is 3.58. The van der Waals surface area contributed by atoms with Crippen molar-refractivity contribution >= 4 is 23.2 Å². The van der Waals surface area contributed by atoms with Gasteiger partial charge in [0.05, 0.1) is 13.0 Å². The van der Waals surface area contributed by atoms with Crippen LogP contribution in [0.15, 0.2) is 5.38 Å². The van der Waals surface area contributed by atoms with Crippen LogP contribution in [0.2, 0.25) is 0 Å². The van der Waals surface area contributed by atoms with E-state index in [1.807, 2.05) is 24.4 Å². The maximum Gasteiger partial charge on any atom is 0.307 e. The Morgan fingerprint density at radius 1 is 1.43 bits per heavy atom. The fourth-order valence-corrected chi connectivity index (χ4v) is 3.68. The lowest BCUT2D eigenvalue weighted by Crippen LogP contribution is -2.45. The Bertz CT molecular complexity index is 544. The zero-order valence-corrected chi connectivity index (χ0v) is 14.9. The van der Waals surface area contributed by atoms with E-state index >= 15 is 0 Å². The molecule has 1 amide bonds. The largest absolute Gasteiger partial charge is 0.466 e. The third kappa shape index (κ3) is 5.00. The van der Waals surface area contributed by atoms with E-state index in [0.29, 0.717) is 18.8 Å². The molecule has 1 atom stereocenters. The third-order valence-corrected chi connectivity index (χ3v) is 4.65. The van der Waals surface area contributed by atoms with Gasteiger partial charge in [-0.1, -0.05) is 0 Å². The molecule has 6 nitrogen and oxygen atoms in total. The zero-order chi connectivity index (χ0) is 16.8. The van der Waals surface area contributed by atoms with E-state index in [4.69, 9.17) is 4.74 Å². The van der Waals surface area contributed by atoms with Gasteiger partial charge in [0.15, 0.2) is 0 Å². The molecule has 0 aliphatic carbocycles. The van der Waals surface area contributed by atoms with Gasteiger partial charge in [-0.2, -0.15) is 0 Å². The van der Waals surface area contributed by atoms with E-state index in [2.05, 4.69) is 4.98 Å². The average molecular weight is 339 g/mol. The molecule has 1 aliphatic heterocycles. The van der Waals surface area contributed by atoms with E-state index in [9.17, 15) is 9.59 Å². The molecule has 0 unspecified atom stereocenters. The minimum atomic E-state index is -0.233. The summed E-state index contributed by atoms with van der Waals surface area (Å²) in [6.07, 6.45) is 3.13. The summed E-state index contributed by atoms with van der Waals surface area (Å²) in [7, 11) is 3.95. The van der Waals surface area contributed by atoms with Crippen molar-refractivity contribution in [2.45, 2.75) is 45.2 Å². The Hall–Kier alpha value is -1.47. The quantitative estimate of drug-likeness (QED) is 0.743. The number of piperidine rings is 1. The number of rotatable bonds is 6. The number of nitrogens with zero attached hydrogens (tertiary/aromatic N) is 3. The first-order valence-electron chi connectivity index (χ1n) is 8.07. The fraction of sp³-hybridized carbons (Fsp3) is 0.688. The van der Waals surface area contributed by atoms with Crippen molar-refractivity contribution in [1.29, 1.82) is 0 Å². The molecule has 0 radical (unpaired) electrons. The zero-order valence-electron chi connectivity index (χ0n) is 14.1. The van der Waals surface area contributed by atoms with Gasteiger partial charge in [-0.15, -0.1) is 11.3 Å². The van der Waals surface area contributed by atoms with Gasteiger partial charge < -0.3 is 14.5 Å². The molecule has 1 saturated heterocycles. The van der Waals surface area contributed by atoms with Gasteiger partial charge in [-0.3, -0.25) is 9.59 Å². The number of ether oxygens (including phenoxy) is 1. The Morgan fingerprint density at radius 3 is 2.91 bits per heavy atom. The summed E-state index contributed by atoms with van der Waals surface area (Å²) in [6, 6.07) is -0.0747. The van der Waals surface area contributed by atoms with Crippen molar-refractivity contribution in [2.75, 3.05) is 27.2 Å². The van der Waals surface area contributed by atoms with Crippen LogP contribution in [-0.4, -0.2) is 59.9 Å². The van der Waals surface area contributed by atoms with Gasteiger partial charge >= 0.3 is 5.97 Å². The summed E-state index contributed by atoms with van der Waals surface area (Å²) in [5.41, 5.74) is 0.489. The van der Waals surface area contributed by atoms with Gasteiger partial charge in [0.1, 0.15) is 10.7 Å². The van der Waals surface area contributed by atoms with Gasteiger partial charge in [0.25, 0.3) is 5.91 Å². The highest BCUT2D eigenvalue weighted by Gasteiger charge is 2.30. The highest BCUT2D eigenvalue weighted by molar-refractivity contribution is 7.09. The van der Waals surface area contributed by atoms with Crippen LogP contribution in [0.3, 0.4) is 0 Å². The molecule has 2 rings (SSSR count). The molecule has 0 aromatic carbocycles. The van der Waals surface area contributed by atoms with E-state index in [-0.39, 0.29) is 24.3 Å². The molecular weight excluding hydrogens is 314 g/mol. The number of likely N-dealkylation sites (tertiary alicyclic amines) is 1. The van der Waals surface area contributed by atoms with Crippen molar-refractivity contribution in [1.82, 2.24) is 14.8 Å². The van der Waals surface area contributed by atoms with Crippen LogP contribution in [0.4, 0.5) is 0 Å². The summed E-state index contributed by atoms with van der Waals surface area (Å²) >= 11 is 1.50. The van der Waals surface area contributed by atoms with Crippen molar-refractivity contribution in [3.8, 4) is 0 Å². The molecule has 1 aromatic rings. The number of esters is 1. The molecule has 0 saturated carbocycles. The molecule has 0 N–H and O–H groups in total. The Morgan fingerprint density at radius 2 is 2.22 bits per heavy atom. The van der Waals surface area contributed by atoms with Gasteiger partial charge in [-0.05, 0) is 40.3 Å². The minimum absolute atomic E-state index is 0.0692. The highest BCUT2D eigenvalue weighted by Crippen LogP contribution is 2.23. The standard InChI is InChI=1S/C16H25N3O3S/c1-4-22-15(20)9-12-7-5-6-8-19(12)16(21)13-11-23-14(17-13)10-18(2)3/h11-12H,4-10H2,1-3H3/t12-/m1/s1. The summed E-state index contributed by atoms with van der Waals surface area (Å²) in [4.78, 5) is 32.8. The van der Waals surface area contributed by atoms with Crippen LogP contribution in [0.1, 0.15) is 48.1 Å². The number of hydrogen-bond donors (Lipinski definition) is 0. The van der Waals surface area contributed by atoms with E-state index in [1.165, 1.54) is 11.3 Å². The topological polar surface area (TPSA) is 62.7 Å². The Balaban J connectivity index is 2.05. The van der Waals surface area contributed by atoms with Crippen molar-refractivity contribution in [3.63, 3.8) is 0 Å². The second-order valence-electron chi connectivity index (χ2n) is 6.02. The molecule has 1 aliphatic rings. The van der Waals surface area contributed by atoms with E-state index in [0.717, 1.165) is 30.8 Å². The molecule has 128 valence electrons. The molecule has 1 aromatic heterocycles. The maximum atomic E-state index is 12.8. The normalized spacial score (nSPS) is 18.3. The number of carbonyl (C=O) groups is 2. The molecule has 7 heteroatoms. The van der Waals surface area contributed by atoms with Gasteiger partial charge in [-0.25, -0.2) is 4.98 Å². The monoisotopic (exact) mass is 339 g/mol. The maximum absolute atomic E-state index is 12.8. The first kappa shape index (κ1) is 17.9. The first-order valence-corrected chi connectivity index (χ1v) is 8.95. The molecule has 0 spiro atoms. The molecule has 1 fully saturated rings. The molecule has 0 bridgehead atoms. The average Bonchev–Trinajstić information content (AvgIpc) is 2.95. The molecule has 23 heavy (non-hydrogen) atoms. The number of hydrogen-bond acceptors (Lipinski definition) is 6. The summed E-state index contributed by atoms with van der Waals surface area (Å²) < 4.78 is 5.03. The van der Waals surface area contributed by atoms with Crippen molar-refractivity contribution < 1.29 is 14.3 Å². The van der Waals surface area contributed by atoms with E-state index in [1.54, 1.807) is 11.8 Å². The predicted molar refractivity (Wildman–Crippen MR) is 89.4 cm³/mol. The van der Waals surface area contributed by atoms with Crippen LogP contribution < -0.4 is 0 Å². The van der Waals surface area contributed by atoms with Gasteiger partial charge in [0.2, 0.25) is 0 Å². The van der Waals surface area contributed by atoms with Crippen LogP contribution in [0.5, 0.6) is 0 Å². The number of amides is 1. The Labute approximate surface area is 141 Å². The minimum Gasteiger partial charge on any atom is -0.466 e. The van der Waals surface area contributed by atoms with Crippen LogP contribution >= 0.6 is 11.3 Å². The predicted octanol–water partition coefficient (Wildman–Crippen LogP) is 2.15. The lowest BCUT2D eigenvalue weighted by atomic mass is 9.99. The second kappa shape index (κ2) is 8.40. The van der Waals surface area contributed by atoms with Crippen molar-refractivity contribution in [3.05, 3.63) is 16.1 Å². The van der Waals surface area contributed by atoms with Crippen LogP contribution in [-0.2, 0) is 16.1 Å². The lowest BCUT2D eigenvalue weighted by molar-refractivity contribution is -0.144. The fourth-order valence-electron chi connectivity index (χ4n) is 2.79. The highest BCUT2D eigenvalue weighted by atomic mass is 32.1. The SMILES string of the molecule is CCOC(=O)C[C@H]1CCCCN1C(=O)c1csc(CN(C)C)n1. The number of thiazole rings is 1. The molecular formula is C16H25N3O3S.